The minimum atomic E-state index is -4.97. The average molecular weight is 586 g/mol. The van der Waals surface area contributed by atoms with Crippen LogP contribution in [0, 0.1) is 0 Å². The van der Waals surface area contributed by atoms with Crippen LogP contribution >= 0.6 is 12.2 Å². The molecule has 1 aliphatic rings. The SMILES string of the molecule is COCC(=O)Nc1ccc(/C=C/c2ccc(NC(=S)NC3CC3)cc2S(=O)(=O)[O-])c(S(=O)(=O)[O-])c1.[Na+].[Na+]. The zero-order chi connectivity index (χ0) is 25.8. The summed E-state index contributed by atoms with van der Waals surface area (Å²) in [5.41, 5.74) is 0.218. The predicted octanol–water partition coefficient (Wildman–Crippen LogP) is -4.29. The second-order valence-electron chi connectivity index (χ2n) is 7.60. The summed E-state index contributed by atoms with van der Waals surface area (Å²) in [7, 11) is -8.58. The minimum absolute atomic E-state index is 0. The van der Waals surface area contributed by atoms with Crippen LogP contribution in [0.1, 0.15) is 24.0 Å². The molecule has 188 valence electrons. The fourth-order valence-electron chi connectivity index (χ4n) is 3.02. The molecular weight excluding hydrogens is 564 g/mol. The third kappa shape index (κ3) is 10.7. The standard InChI is InChI=1S/C21H23N3O8S3.2Na/c1-32-12-20(25)22-16-6-4-13(18(10-16)34(26,27)28)2-3-14-5-7-17(11-19(14)35(29,30)31)24-21(33)23-15-8-9-15;;/h2-7,10-11,15H,8-9,12H2,1H3,(H,22,25)(H2,23,24,33)(H,26,27,28)(H,29,30,31);;/q;2*+1/p-2/b3-2+;;. The van der Waals surface area contributed by atoms with E-state index < -0.39 is 35.9 Å². The summed E-state index contributed by atoms with van der Waals surface area (Å²) >= 11 is 5.15. The van der Waals surface area contributed by atoms with Gasteiger partial charge in [-0.15, -0.1) is 0 Å². The smallest absolute Gasteiger partial charge is 0.744 e. The molecule has 0 saturated heterocycles. The third-order valence-electron chi connectivity index (χ3n) is 4.74. The van der Waals surface area contributed by atoms with Crippen molar-refractivity contribution in [3.63, 3.8) is 0 Å². The molecule has 3 rings (SSSR count). The Bertz CT molecular complexity index is 1400. The van der Waals surface area contributed by atoms with E-state index in [1.165, 1.54) is 43.5 Å². The largest absolute Gasteiger partial charge is 1.00 e. The minimum Gasteiger partial charge on any atom is -0.744 e. The van der Waals surface area contributed by atoms with Crippen molar-refractivity contribution in [3.05, 3.63) is 47.5 Å². The molecule has 11 nitrogen and oxygen atoms in total. The van der Waals surface area contributed by atoms with Crippen molar-refractivity contribution in [1.82, 2.24) is 5.32 Å². The summed E-state index contributed by atoms with van der Waals surface area (Å²) < 4.78 is 75.6. The Labute approximate surface area is 264 Å². The van der Waals surface area contributed by atoms with Crippen LogP contribution in [0.15, 0.2) is 46.2 Å². The van der Waals surface area contributed by atoms with Gasteiger partial charge in [-0.05, 0) is 60.5 Å². The average Bonchev–Trinajstić information content (AvgIpc) is 3.56. The van der Waals surface area contributed by atoms with Crippen LogP contribution in [0.5, 0.6) is 0 Å². The van der Waals surface area contributed by atoms with Gasteiger partial charge in [0, 0.05) is 24.5 Å². The van der Waals surface area contributed by atoms with Gasteiger partial charge in [0.25, 0.3) is 0 Å². The monoisotopic (exact) mass is 585 g/mol. The molecule has 3 N–H and O–H groups in total. The van der Waals surface area contributed by atoms with Crippen LogP contribution in [0.3, 0.4) is 0 Å². The Hall–Kier alpha value is -0.880. The van der Waals surface area contributed by atoms with Crippen LogP contribution in [0.2, 0.25) is 0 Å². The molecule has 0 unspecified atom stereocenters. The van der Waals surface area contributed by atoms with Gasteiger partial charge in [0.2, 0.25) is 5.91 Å². The molecule has 2 aromatic carbocycles. The summed E-state index contributed by atoms with van der Waals surface area (Å²) in [6, 6.07) is 7.81. The van der Waals surface area contributed by atoms with Gasteiger partial charge in [0.15, 0.2) is 5.11 Å². The van der Waals surface area contributed by atoms with E-state index in [0.29, 0.717) is 0 Å². The van der Waals surface area contributed by atoms with Crippen LogP contribution in [-0.2, 0) is 29.8 Å². The molecule has 0 heterocycles. The molecule has 16 heteroatoms. The fourth-order valence-corrected chi connectivity index (χ4v) is 4.70. The summed E-state index contributed by atoms with van der Waals surface area (Å²) in [6.45, 7) is -0.278. The van der Waals surface area contributed by atoms with E-state index in [1.807, 2.05) is 0 Å². The number of carbonyl (C=O) groups excluding carboxylic acids is 1. The van der Waals surface area contributed by atoms with E-state index >= 15 is 0 Å². The Balaban J connectivity index is 0.00000342. The predicted molar refractivity (Wildman–Crippen MR) is 131 cm³/mol. The van der Waals surface area contributed by atoms with Crippen molar-refractivity contribution in [2.24, 2.45) is 0 Å². The number of ether oxygens (including phenoxy) is 1. The first kappa shape index (κ1) is 34.1. The summed E-state index contributed by atoms with van der Waals surface area (Å²) in [5, 5.41) is 8.51. The quantitative estimate of drug-likeness (QED) is 0.112. The molecule has 1 fully saturated rings. The molecule has 1 saturated carbocycles. The van der Waals surface area contributed by atoms with E-state index in [-0.39, 0.29) is 99.4 Å². The Morgan fingerprint density at radius 1 is 0.946 bits per heavy atom. The van der Waals surface area contributed by atoms with Crippen LogP contribution in [-0.4, -0.2) is 56.7 Å². The van der Waals surface area contributed by atoms with Gasteiger partial charge in [-0.1, -0.05) is 24.3 Å². The van der Waals surface area contributed by atoms with Gasteiger partial charge in [0.05, 0.1) is 9.79 Å². The van der Waals surface area contributed by atoms with E-state index in [1.54, 1.807) is 0 Å². The number of anilines is 2. The molecule has 1 aliphatic carbocycles. The second kappa shape index (κ2) is 14.5. The number of amides is 1. The number of hydrogen-bond donors (Lipinski definition) is 3. The van der Waals surface area contributed by atoms with Gasteiger partial charge >= 0.3 is 59.1 Å². The first-order valence-corrected chi connectivity index (χ1v) is 13.3. The van der Waals surface area contributed by atoms with Gasteiger partial charge in [-0.3, -0.25) is 4.79 Å². The topological polar surface area (TPSA) is 177 Å². The van der Waals surface area contributed by atoms with Gasteiger partial charge in [0.1, 0.15) is 26.8 Å². The molecule has 0 spiro atoms. The Kier molecular flexibility index (Phi) is 13.4. The normalized spacial score (nSPS) is 13.3. The van der Waals surface area contributed by atoms with Crippen molar-refractivity contribution in [3.8, 4) is 0 Å². The van der Waals surface area contributed by atoms with Crippen LogP contribution < -0.4 is 75.1 Å². The summed E-state index contributed by atoms with van der Waals surface area (Å²) in [6.07, 6.45) is 4.34. The molecular formula is C21H21N3Na2O8S3. The molecule has 0 aliphatic heterocycles. The zero-order valence-electron chi connectivity index (χ0n) is 20.3. The van der Waals surface area contributed by atoms with Crippen molar-refractivity contribution >= 4 is 67.0 Å². The van der Waals surface area contributed by atoms with Crippen LogP contribution in [0.25, 0.3) is 12.2 Å². The Morgan fingerprint density at radius 2 is 1.41 bits per heavy atom. The third-order valence-corrected chi connectivity index (χ3v) is 6.74. The second-order valence-corrected chi connectivity index (χ2v) is 10.7. The van der Waals surface area contributed by atoms with E-state index in [9.17, 15) is 30.7 Å². The van der Waals surface area contributed by atoms with Crippen molar-refractivity contribution < 1.29 is 94.6 Å². The molecule has 37 heavy (non-hydrogen) atoms. The number of benzene rings is 2. The van der Waals surface area contributed by atoms with E-state index in [0.717, 1.165) is 25.0 Å². The van der Waals surface area contributed by atoms with Gasteiger partial charge in [-0.2, -0.15) is 0 Å². The number of thiocarbonyl (C=S) groups is 1. The molecule has 1 amide bonds. The maximum atomic E-state index is 11.9. The Morgan fingerprint density at radius 3 is 1.81 bits per heavy atom. The van der Waals surface area contributed by atoms with Crippen molar-refractivity contribution in [1.29, 1.82) is 0 Å². The van der Waals surface area contributed by atoms with Gasteiger partial charge < -0.3 is 29.8 Å². The molecule has 2 aromatic rings. The summed E-state index contributed by atoms with van der Waals surface area (Å²) in [5.74, 6) is -0.559. The first-order chi connectivity index (χ1) is 16.4. The fraction of sp³-hybridized carbons (Fsp3) is 0.238. The van der Waals surface area contributed by atoms with E-state index in [2.05, 4.69) is 20.7 Å². The molecule has 0 atom stereocenters. The first-order valence-electron chi connectivity index (χ1n) is 10.1. The summed E-state index contributed by atoms with van der Waals surface area (Å²) in [4.78, 5) is 10.5. The molecule has 0 bridgehead atoms. The maximum Gasteiger partial charge on any atom is 1.00 e. The molecule has 0 radical (unpaired) electrons. The van der Waals surface area contributed by atoms with Gasteiger partial charge in [-0.25, -0.2) is 16.8 Å². The van der Waals surface area contributed by atoms with Crippen LogP contribution in [0.4, 0.5) is 11.4 Å². The number of nitrogens with one attached hydrogen (secondary N) is 3. The van der Waals surface area contributed by atoms with Crippen molar-refractivity contribution in [2.75, 3.05) is 24.4 Å². The number of methoxy groups -OCH3 is 1. The maximum absolute atomic E-state index is 11.9. The van der Waals surface area contributed by atoms with Crippen molar-refractivity contribution in [2.45, 2.75) is 28.7 Å². The molecule has 0 aromatic heterocycles. The zero-order valence-corrected chi connectivity index (χ0v) is 26.8. The number of hydrogen-bond acceptors (Lipinski definition) is 9. The number of carbonyl (C=O) groups is 1. The number of rotatable bonds is 9. The van der Waals surface area contributed by atoms with E-state index in [4.69, 9.17) is 12.2 Å².